The second-order valence-electron chi connectivity index (χ2n) is 5.39. The van der Waals surface area contributed by atoms with Gasteiger partial charge >= 0.3 is 12.0 Å². The van der Waals surface area contributed by atoms with Crippen molar-refractivity contribution < 1.29 is 14.7 Å². The molecule has 0 aliphatic carbocycles. The van der Waals surface area contributed by atoms with E-state index in [-0.39, 0.29) is 12.5 Å². The van der Waals surface area contributed by atoms with Crippen molar-refractivity contribution in [1.82, 2.24) is 9.80 Å². The number of carbonyl (C=O) groups is 2. The highest BCUT2D eigenvalue weighted by Gasteiger charge is 2.27. The average Bonchev–Trinajstić information content (AvgIpc) is 2.31. The van der Waals surface area contributed by atoms with Gasteiger partial charge in [-0.3, -0.25) is 4.79 Å². The Labute approximate surface area is 109 Å². The summed E-state index contributed by atoms with van der Waals surface area (Å²) in [5.74, 6) is 0.401. The summed E-state index contributed by atoms with van der Waals surface area (Å²) in [6.07, 6.45) is 1.68. The molecule has 1 N–H and O–H groups in total. The molecule has 2 atom stereocenters. The van der Waals surface area contributed by atoms with Crippen LogP contribution in [0.1, 0.15) is 33.1 Å². The molecule has 0 aromatic heterocycles. The number of carbonyl (C=O) groups excluding carboxylic acids is 1. The maximum Gasteiger partial charge on any atom is 0.319 e. The van der Waals surface area contributed by atoms with Gasteiger partial charge in [0.1, 0.15) is 0 Å². The van der Waals surface area contributed by atoms with Crippen LogP contribution < -0.4 is 0 Å². The average molecular weight is 256 g/mol. The van der Waals surface area contributed by atoms with Crippen molar-refractivity contribution in [3.05, 3.63) is 0 Å². The van der Waals surface area contributed by atoms with E-state index >= 15 is 0 Å². The lowest BCUT2D eigenvalue weighted by molar-refractivity contribution is -0.137. The van der Waals surface area contributed by atoms with Gasteiger partial charge in [0.25, 0.3) is 0 Å². The molecule has 5 nitrogen and oxygen atoms in total. The van der Waals surface area contributed by atoms with Gasteiger partial charge in [-0.05, 0) is 24.7 Å². The first-order valence-corrected chi connectivity index (χ1v) is 6.63. The molecule has 1 saturated heterocycles. The number of carboxylic acids is 1. The number of amides is 2. The standard InChI is InChI=1S/C13H24N2O3/c1-10-6-8-15(9-11(10)2)13(18)14(3)7-4-5-12(16)17/h10-11H,4-9H2,1-3H3,(H,16,17). The number of nitrogens with zero attached hydrogens (tertiary/aromatic N) is 2. The van der Waals surface area contributed by atoms with E-state index in [2.05, 4.69) is 13.8 Å². The van der Waals surface area contributed by atoms with Gasteiger partial charge in [0.2, 0.25) is 0 Å². The van der Waals surface area contributed by atoms with E-state index < -0.39 is 5.97 Å². The fraction of sp³-hybridized carbons (Fsp3) is 0.846. The minimum atomic E-state index is -0.809. The van der Waals surface area contributed by atoms with Crippen LogP contribution in [0.5, 0.6) is 0 Å². The summed E-state index contributed by atoms with van der Waals surface area (Å²) in [4.78, 5) is 26.1. The fourth-order valence-electron chi connectivity index (χ4n) is 2.24. The van der Waals surface area contributed by atoms with Crippen LogP contribution in [0.4, 0.5) is 4.79 Å². The van der Waals surface area contributed by atoms with Gasteiger partial charge in [0.05, 0.1) is 0 Å². The highest BCUT2D eigenvalue weighted by Crippen LogP contribution is 2.23. The molecular formula is C13H24N2O3. The highest BCUT2D eigenvalue weighted by atomic mass is 16.4. The number of urea groups is 1. The maximum atomic E-state index is 12.1. The molecule has 1 aliphatic rings. The molecule has 104 valence electrons. The van der Waals surface area contributed by atoms with Crippen molar-refractivity contribution in [2.75, 3.05) is 26.7 Å². The summed E-state index contributed by atoms with van der Waals surface area (Å²) >= 11 is 0. The third kappa shape index (κ3) is 4.20. The third-order valence-corrected chi connectivity index (χ3v) is 3.82. The van der Waals surface area contributed by atoms with Crippen LogP contribution >= 0.6 is 0 Å². The van der Waals surface area contributed by atoms with Gasteiger partial charge in [0.15, 0.2) is 0 Å². The Morgan fingerprint density at radius 1 is 1.33 bits per heavy atom. The van der Waals surface area contributed by atoms with Crippen LogP contribution in [0, 0.1) is 11.8 Å². The van der Waals surface area contributed by atoms with Crippen LogP contribution in [-0.4, -0.2) is 53.6 Å². The summed E-state index contributed by atoms with van der Waals surface area (Å²) in [5.41, 5.74) is 0. The number of aliphatic carboxylic acids is 1. The number of rotatable bonds is 4. The van der Waals surface area contributed by atoms with Crippen molar-refractivity contribution in [1.29, 1.82) is 0 Å². The summed E-state index contributed by atoms with van der Waals surface area (Å²) in [7, 11) is 1.74. The highest BCUT2D eigenvalue weighted by molar-refractivity contribution is 5.74. The predicted molar refractivity (Wildman–Crippen MR) is 69.4 cm³/mol. The van der Waals surface area contributed by atoms with Crippen molar-refractivity contribution in [2.45, 2.75) is 33.1 Å². The summed E-state index contributed by atoms with van der Waals surface area (Å²) in [6, 6.07) is 0.0270. The van der Waals surface area contributed by atoms with Crippen LogP contribution in [0.25, 0.3) is 0 Å². The monoisotopic (exact) mass is 256 g/mol. The largest absolute Gasteiger partial charge is 0.481 e. The molecule has 0 bridgehead atoms. The molecule has 1 rings (SSSR count). The van der Waals surface area contributed by atoms with Crippen molar-refractivity contribution >= 4 is 12.0 Å². The summed E-state index contributed by atoms with van der Waals surface area (Å²) < 4.78 is 0. The van der Waals surface area contributed by atoms with E-state index in [1.54, 1.807) is 11.9 Å². The lowest BCUT2D eigenvalue weighted by atomic mass is 9.89. The number of likely N-dealkylation sites (tertiary alicyclic amines) is 1. The van der Waals surface area contributed by atoms with E-state index in [1.807, 2.05) is 4.90 Å². The number of hydrogen-bond acceptors (Lipinski definition) is 2. The zero-order valence-electron chi connectivity index (χ0n) is 11.6. The molecule has 5 heteroatoms. The van der Waals surface area contributed by atoms with Gasteiger partial charge in [0, 0.05) is 33.1 Å². The third-order valence-electron chi connectivity index (χ3n) is 3.82. The summed E-state index contributed by atoms with van der Waals surface area (Å²) in [6.45, 7) is 6.53. The quantitative estimate of drug-likeness (QED) is 0.835. The summed E-state index contributed by atoms with van der Waals surface area (Å²) in [5, 5.41) is 8.56. The predicted octanol–water partition coefficient (Wildman–Crippen LogP) is 1.88. The van der Waals surface area contributed by atoms with E-state index in [0.717, 1.165) is 19.5 Å². The Morgan fingerprint density at radius 3 is 2.56 bits per heavy atom. The normalized spacial score (nSPS) is 23.8. The molecule has 1 aliphatic heterocycles. The Hall–Kier alpha value is -1.26. The van der Waals surface area contributed by atoms with Gasteiger partial charge < -0.3 is 14.9 Å². The topological polar surface area (TPSA) is 60.9 Å². The molecule has 0 radical (unpaired) electrons. The smallest absolute Gasteiger partial charge is 0.319 e. The van der Waals surface area contributed by atoms with Crippen LogP contribution in [0.3, 0.4) is 0 Å². The zero-order chi connectivity index (χ0) is 13.7. The minimum Gasteiger partial charge on any atom is -0.481 e. The lowest BCUT2D eigenvalue weighted by Gasteiger charge is -2.37. The second kappa shape index (κ2) is 6.61. The Balaban J connectivity index is 2.36. The first-order chi connectivity index (χ1) is 8.41. The van der Waals surface area contributed by atoms with Gasteiger partial charge in [-0.2, -0.15) is 0 Å². The van der Waals surface area contributed by atoms with E-state index in [9.17, 15) is 9.59 Å². The molecule has 0 aromatic carbocycles. The van der Waals surface area contributed by atoms with Crippen molar-refractivity contribution in [3.63, 3.8) is 0 Å². The number of carboxylic acid groups (broad SMARTS) is 1. The first-order valence-electron chi connectivity index (χ1n) is 6.63. The van der Waals surface area contributed by atoms with Crippen molar-refractivity contribution in [3.8, 4) is 0 Å². The fourth-order valence-corrected chi connectivity index (χ4v) is 2.24. The Kier molecular flexibility index (Phi) is 5.44. The van der Waals surface area contributed by atoms with Crippen LogP contribution in [0.15, 0.2) is 0 Å². The van der Waals surface area contributed by atoms with Gasteiger partial charge in [-0.25, -0.2) is 4.79 Å². The Bertz CT molecular complexity index is 307. The van der Waals surface area contributed by atoms with Gasteiger partial charge in [-0.15, -0.1) is 0 Å². The van der Waals surface area contributed by atoms with E-state index in [0.29, 0.717) is 24.8 Å². The molecule has 1 heterocycles. The number of hydrogen-bond donors (Lipinski definition) is 1. The van der Waals surface area contributed by atoms with E-state index in [4.69, 9.17) is 5.11 Å². The van der Waals surface area contributed by atoms with Crippen LogP contribution in [-0.2, 0) is 4.79 Å². The van der Waals surface area contributed by atoms with Gasteiger partial charge in [-0.1, -0.05) is 13.8 Å². The lowest BCUT2D eigenvalue weighted by Crippen LogP contribution is -2.47. The maximum absolute atomic E-state index is 12.1. The number of piperidine rings is 1. The molecular weight excluding hydrogens is 232 g/mol. The second-order valence-corrected chi connectivity index (χ2v) is 5.39. The zero-order valence-corrected chi connectivity index (χ0v) is 11.6. The minimum absolute atomic E-state index is 0.0270. The molecule has 0 aromatic rings. The SMILES string of the molecule is CC1CCN(C(=O)N(C)CCCC(=O)O)CC1C. The van der Waals surface area contributed by atoms with E-state index in [1.165, 1.54) is 0 Å². The molecule has 2 unspecified atom stereocenters. The molecule has 0 spiro atoms. The molecule has 18 heavy (non-hydrogen) atoms. The molecule has 2 amide bonds. The molecule has 1 fully saturated rings. The Morgan fingerprint density at radius 2 is 2.00 bits per heavy atom. The van der Waals surface area contributed by atoms with Crippen LogP contribution in [0.2, 0.25) is 0 Å². The first kappa shape index (κ1) is 14.8. The molecule has 0 saturated carbocycles. The van der Waals surface area contributed by atoms with Crippen molar-refractivity contribution in [2.24, 2.45) is 11.8 Å².